The van der Waals surface area contributed by atoms with Crippen LogP contribution in [-0.2, 0) is 13.6 Å². The first-order chi connectivity index (χ1) is 14.3. The lowest BCUT2D eigenvalue weighted by Crippen LogP contribution is -2.18. The third-order valence-electron chi connectivity index (χ3n) is 5.05. The first-order valence-electron chi connectivity index (χ1n) is 9.36. The van der Waals surface area contributed by atoms with Crippen LogP contribution in [0, 0.1) is 13.8 Å². The number of rotatable bonds is 5. The van der Waals surface area contributed by atoms with Gasteiger partial charge in [-0.15, -0.1) is 0 Å². The largest absolute Gasteiger partial charge is 0.366 e. The number of aromatic nitrogens is 5. The third-order valence-corrected chi connectivity index (χ3v) is 5.05. The molecule has 0 saturated carbocycles. The molecule has 3 heterocycles. The highest BCUT2D eigenvalue weighted by Gasteiger charge is 2.19. The number of pyridine rings is 1. The maximum Gasteiger partial charge on any atom is 0.274 e. The number of anilines is 1. The van der Waals surface area contributed by atoms with Crippen LogP contribution in [0.5, 0.6) is 0 Å². The fourth-order valence-corrected chi connectivity index (χ4v) is 3.39. The maximum absolute atomic E-state index is 12.9. The quantitative estimate of drug-likeness (QED) is 0.529. The summed E-state index contributed by atoms with van der Waals surface area (Å²) < 4.78 is 3.70. The molecule has 2 amide bonds. The summed E-state index contributed by atoms with van der Waals surface area (Å²) in [6.07, 6.45) is 3.59. The number of primary amides is 1. The number of nitrogens with one attached hydrogen (secondary N) is 1. The second-order valence-electron chi connectivity index (χ2n) is 7.05. The van der Waals surface area contributed by atoms with Crippen LogP contribution in [0.3, 0.4) is 0 Å². The Morgan fingerprint density at radius 2 is 1.97 bits per heavy atom. The number of nitrogens with zero attached hydrogens (tertiary/aromatic N) is 5. The SMILES string of the molecule is Cc1nn(Cc2nccn2C)c(C)c1NC(=O)c1cc(C(N)=O)c2ccccc2n1. The topological polar surface area (TPSA) is 121 Å². The zero-order chi connectivity index (χ0) is 21.4. The summed E-state index contributed by atoms with van der Waals surface area (Å²) >= 11 is 0. The molecular formula is C21H21N7O2. The standard InChI is InChI=1S/C21H21N7O2/c1-12-19(13(2)28(26-12)11-18-23-8-9-27(18)3)25-21(30)17-10-15(20(22)29)14-6-4-5-7-16(14)24-17/h4-10H,11H2,1-3H3,(H2,22,29)(H,25,30). The number of amides is 2. The minimum Gasteiger partial charge on any atom is -0.366 e. The van der Waals surface area contributed by atoms with Gasteiger partial charge in [0.1, 0.15) is 11.5 Å². The van der Waals surface area contributed by atoms with Crippen molar-refractivity contribution in [3.8, 4) is 0 Å². The number of nitrogens with two attached hydrogens (primary N) is 1. The Kier molecular flexibility index (Phi) is 4.78. The van der Waals surface area contributed by atoms with Crippen LogP contribution in [0.15, 0.2) is 42.7 Å². The number of fused-ring (bicyclic) bond motifs is 1. The number of carbonyl (C=O) groups is 2. The summed E-state index contributed by atoms with van der Waals surface area (Å²) in [5, 5.41) is 8.01. The smallest absolute Gasteiger partial charge is 0.274 e. The summed E-state index contributed by atoms with van der Waals surface area (Å²) in [5.74, 6) is -0.204. The highest BCUT2D eigenvalue weighted by molar-refractivity contribution is 6.10. The van der Waals surface area contributed by atoms with E-state index in [9.17, 15) is 9.59 Å². The molecule has 9 nitrogen and oxygen atoms in total. The van der Waals surface area contributed by atoms with E-state index in [2.05, 4.69) is 20.4 Å². The number of para-hydroxylation sites is 1. The van der Waals surface area contributed by atoms with Crippen molar-refractivity contribution < 1.29 is 9.59 Å². The van der Waals surface area contributed by atoms with Gasteiger partial charge in [0, 0.05) is 24.8 Å². The van der Waals surface area contributed by atoms with Gasteiger partial charge in [0.15, 0.2) is 0 Å². The molecule has 0 unspecified atom stereocenters. The molecule has 3 N–H and O–H groups in total. The molecule has 152 valence electrons. The maximum atomic E-state index is 12.9. The van der Waals surface area contributed by atoms with Gasteiger partial charge < -0.3 is 15.6 Å². The average molecular weight is 403 g/mol. The molecule has 0 saturated heterocycles. The fraction of sp³-hybridized carbons (Fsp3) is 0.190. The number of benzene rings is 1. The zero-order valence-electron chi connectivity index (χ0n) is 16.9. The predicted molar refractivity (Wildman–Crippen MR) is 112 cm³/mol. The van der Waals surface area contributed by atoms with Gasteiger partial charge in [-0.05, 0) is 26.0 Å². The first-order valence-corrected chi connectivity index (χ1v) is 9.36. The van der Waals surface area contributed by atoms with E-state index < -0.39 is 11.8 Å². The number of hydrogen-bond acceptors (Lipinski definition) is 5. The van der Waals surface area contributed by atoms with Crippen molar-refractivity contribution in [3.63, 3.8) is 0 Å². The van der Waals surface area contributed by atoms with Gasteiger partial charge >= 0.3 is 0 Å². The van der Waals surface area contributed by atoms with Crippen molar-refractivity contribution >= 4 is 28.4 Å². The van der Waals surface area contributed by atoms with Crippen LogP contribution in [0.25, 0.3) is 10.9 Å². The zero-order valence-corrected chi connectivity index (χ0v) is 16.9. The second-order valence-corrected chi connectivity index (χ2v) is 7.05. The minimum absolute atomic E-state index is 0.109. The van der Waals surface area contributed by atoms with E-state index in [-0.39, 0.29) is 11.3 Å². The lowest BCUT2D eigenvalue weighted by Gasteiger charge is -2.09. The molecule has 30 heavy (non-hydrogen) atoms. The molecule has 0 atom stereocenters. The normalized spacial score (nSPS) is 11.0. The monoisotopic (exact) mass is 403 g/mol. The molecule has 0 radical (unpaired) electrons. The Labute approximate surface area is 172 Å². The Morgan fingerprint density at radius 3 is 2.67 bits per heavy atom. The summed E-state index contributed by atoms with van der Waals surface area (Å²) in [7, 11) is 1.92. The Bertz CT molecular complexity index is 1290. The molecular weight excluding hydrogens is 382 g/mol. The third kappa shape index (κ3) is 3.41. The highest BCUT2D eigenvalue weighted by atomic mass is 16.2. The Morgan fingerprint density at radius 1 is 1.20 bits per heavy atom. The minimum atomic E-state index is -0.613. The molecule has 4 rings (SSSR count). The van der Waals surface area contributed by atoms with Gasteiger partial charge in [-0.1, -0.05) is 18.2 Å². The molecule has 0 aliphatic heterocycles. The average Bonchev–Trinajstić information content (AvgIpc) is 3.24. The van der Waals surface area contributed by atoms with Gasteiger partial charge in [-0.2, -0.15) is 5.10 Å². The number of carbonyl (C=O) groups excluding carboxylic acids is 2. The van der Waals surface area contributed by atoms with E-state index in [0.29, 0.717) is 28.8 Å². The van der Waals surface area contributed by atoms with E-state index in [1.165, 1.54) is 6.07 Å². The Hall–Kier alpha value is -4.01. The molecule has 0 fully saturated rings. The molecule has 1 aromatic carbocycles. The number of imidazole rings is 1. The van der Waals surface area contributed by atoms with Crippen molar-refractivity contribution in [2.24, 2.45) is 12.8 Å². The van der Waals surface area contributed by atoms with Crippen molar-refractivity contribution in [1.82, 2.24) is 24.3 Å². The van der Waals surface area contributed by atoms with E-state index in [4.69, 9.17) is 5.73 Å². The lowest BCUT2D eigenvalue weighted by atomic mass is 10.1. The molecule has 0 bridgehead atoms. The van der Waals surface area contributed by atoms with Gasteiger partial charge in [0.25, 0.3) is 5.91 Å². The summed E-state index contributed by atoms with van der Waals surface area (Å²) in [6, 6.07) is 8.49. The van der Waals surface area contributed by atoms with Gasteiger partial charge in [0.2, 0.25) is 5.91 Å². The van der Waals surface area contributed by atoms with Crippen LogP contribution in [0.2, 0.25) is 0 Å². The Balaban J connectivity index is 1.66. The highest BCUT2D eigenvalue weighted by Crippen LogP contribution is 2.23. The molecule has 0 aliphatic carbocycles. The first kappa shape index (κ1) is 19.3. The molecule has 0 spiro atoms. The van der Waals surface area contributed by atoms with Crippen molar-refractivity contribution in [1.29, 1.82) is 0 Å². The second kappa shape index (κ2) is 7.43. The predicted octanol–water partition coefficient (Wildman–Crippen LogP) is 2.18. The number of hydrogen-bond donors (Lipinski definition) is 2. The van der Waals surface area contributed by atoms with Crippen molar-refractivity contribution in [2.75, 3.05) is 5.32 Å². The molecule has 9 heteroatoms. The van der Waals surface area contributed by atoms with Crippen LogP contribution in [0.4, 0.5) is 5.69 Å². The van der Waals surface area contributed by atoms with Crippen molar-refractivity contribution in [3.05, 3.63) is 71.2 Å². The van der Waals surface area contributed by atoms with Crippen LogP contribution in [-0.4, -0.2) is 36.1 Å². The van der Waals surface area contributed by atoms with E-state index in [1.54, 1.807) is 35.1 Å². The van der Waals surface area contributed by atoms with Gasteiger partial charge in [0.05, 0.1) is 34.7 Å². The van der Waals surface area contributed by atoms with E-state index >= 15 is 0 Å². The summed E-state index contributed by atoms with van der Waals surface area (Å²) in [4.78, 5) is 33.5. The summed E-state index contributed by atoms with van der Waals surface area (Å²) in [5.41, 5.74) is 8.46. The lowest BCUT2D eigenvalue weighted by molar-refractivity contribution is 0.100. The summed E-state index contributed by atoms with van der Waals surface area (Å²) in [6.45, 7) is 4.17. The van der Waals surface area contributed by atoms with Crippen LogP contribution in [0.1, 0.15) is 38.1 Å². The van der Waals surface area contributed by atoms with Crippen LogP contribution < -0.4 is 11.1 Å². The van der Waals surface area contributed by atoms with Gasteiger partial charge in [-0.3, -0.25) is 14.3 Å². The molecule has 0 aliphatic rings. The van der Waals surface area contributed by atoms with Crippen molar-refractivity contribution in [2.45, 2.75) is 20.4 Å². The molecule has 3 aromatic heterocycles. The molecule has 4 aromatic rings. The fourth-order valence-electron chi connectivity index (χ4n) is 3.39. The van der Waals surface area contributed by atoms with Crippen LogP contribution >= 0.6 is 0 Å². The van der Waals surface area contributed by atoms with E-state index in [1.807, 2.05) is 31.7 Å². The number of aryl methyl sites for hydroxylation is 2. The van der Waals surface area contributed by atoms with E-state index in [0.717, 1.165) is 11.5 Å². The van der Waals surface area contributed by atoms with Gasteiger partial charge in [-0.25, -0.2) is 9.97 Å².